The molecule has 0 saturated heterocycles. The first-order chi connectivity index (χ1) is 7.09. The Hall–Kier alpha value is -1.55. The monoisotopic (exact) mass is 225 g/mol. The van der Waals surface area contributed by atoms with Crippen LogP contribution in [0.15, 0.2) is 24.5 Å². The summed E-state index contributed by atoms with van der Waals surface area (Å²) in [6.45, 7) is 0. The molecule has 3 nitrogen and oxygen atoms in total. The summed E-state index contributed by atoms with van der Waals surface area (Å²) in [6, 6.07) is 3.17. The van der Waals surface area contributed by atoms with E-state index in [-0.39, 0.29) is 10.7 Å². The maximum absolute atomic E-state index is 13.4. The van der Waals surface area contributed by atoms with E-state index in [1.807, 2.05) is 0 Å². The van der Waals surface area contributed by atoms with E-state index in [0.29, 0.717) is 5.56 Å². The van der Waals surface area contributed by atoms with Crippen LogP contribution in [0.25, 0.3) is 11.1 Å². The smallest absolute Gasteiger partial charge is 0.165 e. The maximum Gasteiger partial charge on any atom is 0.165 e. The van der Waals surface area contributed by atoms with Crippen LogP contribution in [0.3, 0.4) is 0 Å². The van der Waals surface area contributed by atoms with Crippen molar-refractivity contribution in [3.05, 3.63) is 35.4 Å². The second kappa shape index (κ2) is 3.55. The highest BCUT2D eigenvalue weighted by atomic mass is 35.5. The van der Waals surface area contributed by atoms with Gasteiger partial charge < -0.3 is 5.73 Å². The molecule has 0 aliphatic carbocycles. The molecule has 0 aliphatic rings. The SMILES string of the molecule is Cn1cc(-c2ccc(N)c(F)c2Cl)cn1. The molecule has 0 fully saturated rings. The van der Waals surface area contributed by atoms with Crippen LogP contribution in [0, 0.1) is 5.82 Å². The fourth-order valence-electron chi connectivity index (χ4n) is 1.35. The third kappa shape index (κ3) is 1.68. The van der Waals surface area contributed by atoms with Crippen molar-refractivity contribution in [2.45, 2.75) is 0 Å². The molecular formula is C10H9ClFN3. The molecule has 0 spiro atoms. The molecule has 0 bridgehead atoms. The molecule has 0 atom stereocenters. The average molecular weight is 226 g/mol. The zero-order valence-corrected chi connectivity index (χ0v) is 8.79. The van der Waals surface area contributed by atoms with Gasteiger partial charge in [0.15, 0.2) is 5.82 Å². The quantitative estimate of drug-likeness (QED) is 0.758. The van der Waals surface area contributed by atoms with Gasteiger partial charge in [-0.25, -0.2) is 4.39 Å². The van der Waals surface area contributed by atoms with Crippen LogP contribution < -0.4 is 5.73 Å². The summed E-state index contributed by atoms with van der Waals surface area (Å²) in [5.74, 6) is -0.585. The van der Waals surface area contributed by atoms with Crippen molar-refractivity contribution >= 4 is 17.3 Å². The maximum atomic E-state index is 13.4. The van der Waals surface area contributed by atoms with Crippen molar-refractivity contribution in [1.82, 2.24) is 9.78 Å². The number of nitrogens with zero attached hydrogens (tertiary/aromatic N) is 2. The number of aromatic nitrogens is 2. The van der Waals surface area contributed by atoms with Gasteiger partial charge in [-0.15, -0.1) is 0 Å². The summed E-state index contributed by atoms with van der Waals surface area (Å²) in [4.78, 5) is 0. The first kappa shape index (κ1) is 9.98. The number of aryl methyl sites for hydroxylation is 1. The van der Waals surface area contributed by atoms with E-state index < -0.39 is 5.82 Å². The summed E-state index contributed by atoms with van der Waals surface area (Å²) in [6.07, 6.45) is 3.38. The number of hydrogen-bond donors (Lipinski definition) is 1. The van der Waals surface area contributed by atoms with Crippen molar-refractivity contribution in [3.63, 3.8) is 0 Å². The van der Waals surface area contributed by atoms with E-state index in [2.05, 4.69) is 5.10 Å². The van der Waals surface area contributed by atoms with Gasteiger partial charge in [0.25, 0.3) is 0 Å². The lowest BCUT2D eigenvalue weighted by molar-refractivity contribution is 0.633. The predicted octanol–water partition coefficient (Wildman–Crippen LogP) is 2.46. The normalized spacial score (nSPS) is 10.6. The topological polar surface area (TPSA) is 43.8 Å². The molecule has 0 unspecified atom stereocenters. The van der Waals surface area contributed by atoms with Gasteiger partial charge in [-0.05, 0) is 6.07 Å². The molecule has 1 aromatic heterocycles. The Balaban J connectivity index is 2.59. The standard InChI is InChI=1S/C10H9ClFN3/c1-15-5-6(4-14-15)7-2-3-8(13)10(12)9(7)11/h2-5H,13H2,1H3. The van der Waals surface area contributed by atoms with Crippen LogP contribution in [0.5, 0.6) is 0 Å². The van der Waals surface area contributed by atoms with Crippen LogP contribution >= 0.6 is 11.6 Å². The number of halogens is 2. The Morgan fingerprint density at radius 3 is 2.80 bits per heavy atom. The van der Waals surface area contributed by atoms with Crippen molar-refractivity contribution in [1.29, 1.82) is 0 Å². The number of benzene rings is 1. The Kier molecular flexibility index (Phi) is 2.36. The highest BCUT2D eigenvalue weighted by Crippen LogP contribution is 2.32. The Morgan fingerprint density at radius 1 is 1.47 bits per heavy atom. The molecule has 2 N–H and O–H groups in total. The van der Waals surface area contributed by atoms with Gasteiger partial charge in [0.1, 0.15) is 0 Å². The summed E-state index contributed by atoms with van der Waals surface area (Å²) in [5.41, 5.74) is 6.80. The van der Waals surface area contributed by atoms with Crippen LogP contribution in [-0.2, 0) is 7.05 Å². The zero-order valence-electron chi connectivity index (χ0n) is 8.04. The number of anilines is 1. The van der Waals surface area contributed by atoms with Crippen molar-refractivity contribution in [3.8, 4) is 11.1 Å². The molecule has 78 valence electrons. The molecule has 0 radical (unpaired) electrons. The second-order valence-corrected chi connectivity index (χ2v) is 3.61. The minimum absolute atomic E-state index is 0.0306. The first-order valence-electron chi connectivity index (χ1n) is 4.32. The van der Waals surface area contributed by atoms with E-state index in [9.17, 15) is 4.39 Å². The second-order valence-electron chi connectivity index (χ2n) is 3.23. The van der Waals surface area contributed by atoms with Crippen LogP contribution in [0.4, 0.5) is 10.1 Å². The third-order valence-corrected chi connectivity index (χ3v) is 2.50. The molecule has 2 aromatic rings. The average Bonchev–Trinajstić information content (AvgIpc) is 2.61. The van der Waals surface area contributed by atoms with Gasteiger partial charge in [-0.3, -0.25) is 4.68 Å². The Bertz CT molecular complexity index is 507. The highest BCUT2D eigenvalue weighted by Gasteiger charge is 2.12. The van der Waals surface area contributed by atoms with E-state index in [1.165, 1.54) is 6.07 Å². The van der Waals surface area contributed by atoms with Gasteiger partial charge in [-0.2, -0.15) is 5.10 Å². The van der Waals surface area contributed by atoms with Gasteiger partial charge >= 0.3 is 0 Å². The Labute approximate surface area is 91.3 Å². The van der Waals surface area contributed by atoms with Crippen LogP contribution in [0.2, 0.25) is 5.02 Å². The predicted molar refractivity (Wildman–Crippen MR) is 58.0 cm³/mol. The Morgan fingerprint density at radius 2 is 2.20 bits per heavy atom. The molecule has 0 saturated carbocycles. The minimum Gasteiger partial charge on any atom is -0.396 e. The van der Waals surface area contributed by atoms with E-state index >= 15 is 0 Å². The number of nitrogen functional groups attached to an aromatic ring is 1. The number of nitrogens with two attached hydrogens (primary N) is 1. The van der Waals surface area contributed by atoms with Gasteiger partial charge in [0.2, 0.25) is 0 Å². The highest BCUT2D eigenvalue weighted by molar-refractivity contribution is 6.33. The summed E-state index contributed by atoms with van der Waals surface area (Å²) in [5, 5.41) is 4.02. The molecule has 2 rings (SSSR count). The van der Waals surface area contributed by atoms with Crippen molar-refractivity contribution < 1.29 is 4.39 Å². The largest absolute Gasteiger partial charge is 0.396 e. The van der Waals surface area contributed by atoms with Gasteiger partial charge in [0.05, 0.1) is 16.9 Å². The van der Waals surface area contributed by atoms with Crippen molar-refractivity contribution in [2.24, 2.45) is 7.05 Å². The van der Waals surface area contributed by atoms with E-state index in [1.54, 1.807) is 30.2 Å². The van der Waals surface area contributed by atoms with Crippen molar-refractivity contribution in [2.75, 3.05) is 5.73 Å². The zero-order chi connectivity index (χ0) is 11.0. The van der Waals surface area contributed by atoms with E-state index in [4.69, 9.17) is 17.3 Å². The lowest BCUT2D eigenvalue weighted by Gasteiger charge is -2.04. The van der Waals surface area contributed by atoms with Gasteiger partial charge in [0, 0.05) is 24.4 Å². The fourth-order valence-corrected chi connectivity index (χ4v) is 1.63. The van der Waals surface area contributed by atoms with Gasteiger partial charge in [-0.1, -0.05) is 17.7 Å². The molecule has 1 aromatic carbocycles. The summed E-state index contributed by atoms with van der Waals surface area (Å²) in [7, 11) is 1.78. The molecular weight excluding hydrogens is 217 g/mol. The first-order valence-corrected chi connectivity index (χ1v) is 4.70. The summed E-state index contributed by atoms with van der Waals surface area (Å²) >= 11 is 5.85. The summed E-state index contributed by atoms with van der Waals surface area (Å²) < 4.78 is 15.0. The molecule has 0 aliphatic heterocycles. The lowest BCUT2D eigenvalue weighted by Crippen LogP contribution is -1.92. The number of hydrogen-bond acceptors (Lipinski definition) is 2. The number of rotatable bonds is 1. The van der Waals surface area contributed by atoms with Crippen LogP contribution in [0.1, 0.15) is 0 Å². The minimum atomic E-state index is -0.585. The molecule has 1 heterocycles. The lowest BCUT2D eigenvalue weighted by atomic mass is 10.1. The molecule has 5 heteroatoms. The third-order valence-electron chi connectivity index (χ3n) is 2.13. The van der Waals surface area contributed by atoms with Crippen LogP contribution in [-0.4, -0.2) is 9.78 Å². The molecule has 15 heavy (non-hydrogen) atoms. The fraction of sp³-hybridized carbons (Fsp3) is 0.100. The molecule has 0 amide bonds. The van der Waals surface area contributed by atoms with E-state index in [0.717, 1.165) is 5.56 Å².